The van der Waals surface area contributed by atoms with Crippen LogP contribution < -0.4 is 10.6 Å². The lowest BCUT2D eigenvalue weighted by Gasteiger charge is -2.03. The van der Waals surface area contributed by atoms with Crippen LogP contribution in [0.2, 0.25) is 0 Å². The molecule has 1 amide bonds. The second-order valence-electron chi connectivity index (χ2n) is 3.10. The second-order valence-corrected chi connectivity index (χ2v) is 5.91. The van der Waals surface area contributed by atoms with Crippen LogP contribution in [0.1, 0.15) is 23.7 Å². The van der Waals surface area contributed by atoms with E-state index < -0.39 is 0 Å². The molecule has 0 spiro atoms. The first-order valence-corrected chi connectivity index (χ1v) is 6.93. The molecule has 1 aromatic heterocycles. The molecule has 0 aliphatic heterocycles. The maximum atomic E-state index is 11.6. The molecular weight excluding hydrogens is 323 g/mol. The fraction of sp³-hybridized carbons (Fsp3) is 0.500. The molecule has 0 aliphatic rings. The highest BCUT2D eigenvalue weighted by molar-refractivity contribution is 14.1. The predicted molar refractivity (Wildman–Crippen MR) is 72.5 cm³/mol. The number of nitrogens with one attached hydrogen (secondary N) is 2. The van der Waals surface area contributed by atoms with E-state index in [0.717, 1.165) is 34.5 Å². The van der Waals surface area contributed by atoms with Crippen LogP contribution in [-0.4, -0.2) is 25.5 Å². The molecule has 3 nitrogen and oxygen atoms in total. The number of carbonyl (C=O) groups excluding carboxylic acids is 1. The summed E-state index contributed by atoms with van der Waals surface area (Å²) in [5.74, 6) is 0.0330. The number of rotatable bonds is 6. The van der Waals surface area contributed by atoms with E-state index in [1.807, 2.05) is 11.4 Å². The highest BCUT2D eigenvalue weighted by Crippen LogP contribution is 2.16. The van der Waals surface area contributed by atoms with Crippen LogP contribution in [-0.2, 0) is 0 Å². The Morgan fingerprint density at radius 1 is 1.53 bits per heavy atom. The number of hydrogen-bond donors (Lipinski definition) is 2. The van der Waals surface area contributed by atoms with Gasteiger partial charge in [-0.2, -0.15) is 0 Å². The van der Waals surface area contributed by atoms with Crippen molar-refractivity contribution in [2.24, 2.45) is 0 Å². The van der Waals surface area contributed by atoms with E-state index in [-0.39, 0.29) is 5.91 Å². The Kier molecular flexibility index (Phi) is 6.19. The molecule has 5 heteroatoms. The molecule has 1 aromatic rings. The molecule has 0 unspecified atom stereocenters. The maximum Gasteiger partial charge on any atom is 0.252 e. The molecule has 0 fully saturated rings. The molecule has 0 atom stereocenters. The molecule has 1 rings (SSSR count). The molecule has 2 N–H and O–H groups in total. The summed E-state index contributed by atoms with van der Waals surface area (Å²) in [4.78, 5) is 11.6. The van der Waals surface area contributed by atoms with E-state index >= 15 is 0 Å². The van der Waals surface area contributed by atoms with Crippen LogP contribution in [0.25, 0.3) is 0 Å². The third-order valence-corrected chi connectivity index (χ3v) is 3.68. The normalized spacial score (nSPS) is 10.3. The zero-order valence-corrected chi connectivity index (χ0v) is 11.7. The van der Waals surface area contributed by atoms with E-state index in [2.05, 4.69) is 40.1 Å². The van der Waals surface area contributed by atoms with Gasteiger partial charge in [-0.3, -0.25) is 4.79 Å². The van der Waals surface area contributed by atoms with Gasteiger partial charge in [0.25, 0.3) is 5.91 Å². The first-order chi connectivity index (χ1) is 7.24. The number of amides is 1. The largest absolute Gasteiger partial charge is 0.352 e. The molecule has 15 heavy (non-hydrogen) atoms. The zero-order valence-electron chi connectivity index (χ0n) is 8.68. The Labute approximate surface area is 108 Å². The zero-order chi connectivity index (χ0) is 11.1. The van der Waals surface area contributed by atoms with Crippen molar-refractivity contribution in [1.29, 1.82) is 0 Å². The number of carbonyl (C=O) groups is 1. The lowest BCUT2D eigenvalue weighted by atomic mass is 10.3. The fourth-order valence-electron chi connectivity index (χ4n) is 1.12. The lowest BCUT2D eigenvalue weighted by molar-refractivity contribution is 0.0953. The van der Waals surface area contributed by atoms with Gasteiger partial charge in [-0.05, 0) is 48.2 Å². The average molecular weight is 338 g/mol. The SMILES string of the molecule is CCNCCCNC(=O)c1csc(I)c1. The van der Waals surface area contributed by atoms with Crippen LogP contribution in [0.15, 0.2) is 11.4 Å². The third kappa shape index (κ3) is 4.94. The van der Waals surface area contributed by atoms with Crippen molar-refractivity contribution in [2.75, 3.05) is 19.6 Å². The molecule has 0 saturated carbocycles. The summed E-state index contributed by atoms with van der Waals surface area (Å²) in [6.07, 6.45) is 0.973. The Morgan fingerprint density at radius 3 is 2.93 bits per heavy atom. The Hall–Kier alpha value is -0.140. The van der Waals surface area contributed by atoms with E-state index in [0.29, 0.717) is 0 Å². The van der Waals surface area contributed by atoms with Gasteiger partial charge in [0.1, 0.15) is 0 Å². The topological polar surface area (TPSA) is 41.1 Å². The van der Waals surface area contributed by atoms with Gasteiger partial charge in [-0.1, -0.05) is 6.92 Å². The van der Waals surface area contributed by atoms with Crippen molar-refractivity contribution in [3.05, 3.63) is 19.9 Å². The highest BCUT2D eigenvalue weighted by atomic mass is 127. The first kappa shape index (κ1) is 12.9. The average Bonchev–Trinajstić information content (AvgIpc) is 2.64. The second kappa shape index (κ2) is 7.19. The van der Waals surface area contributed by atoms with Crippen LogP contribution in [0, 0.1) is 2.88 Å². The highest BCUT2D eigenvalue weighted by Gasteiger charge is 2.06. The van der Waals surface area contributed by atoms with Gasteiger partial charge in [0.15, 0.2) is 0 Å². The van der Waals surface area contributed by atoms with Gasteiger partial charge in [0.05, 0.1) is 8.45 Å². The van der Waals surface area contributed by atoms with Gasteiger partial charge in [0, 0.05) is 11.9 Å². The Morgan fingerprint density at radius 2 is 2.33 bits per heavy atom. The van der Waals surface area contributed by atoms with E-state index in [1.165, 1.54) is 0 Å². The standard InChI is InChI=1S/C10H15IN2OS/c1-2-12-4-3-5-13-10(14)8-6-9(11)15-7-8/h6-7,12H,2-5H2,1H3,(H,13,14). The number of thiophene rings is 1. The van der Waals surface area contributed by atoms with Gasteiger partial charge >= 0.3 is 0 Å². The van der Waals surface area contributed by atoms with E-state index in [9.17, 15) is 4.79 Å². The van der Waals surface area contributed by atoms with E-state index in [4.69, 9.17) is 0 Å². The van der Waals surface area contributed by atoms with Crippen molar-refractivity contribution >= 4 is 39.8 Å². The van der Waals surface area contributed by atoms with Gasteiger partial charge in [-0.15, -0.1) is 11.3 Å². The van der Waals surface area contributed by atoms with Crippen molar-refractivity contribution in [3.8, 4) is 0 Å². The van der Waals surface area contributed by atoms with Gasteiger partial charge < -0.3 is 10.6 Å². The van der Waals surface area contributed by atoms with E-state index in [1.54, 1.807) is 11.3 Å². The molecule has 0 aliphatic carbocycles. The van der Waals surface area contributed by atoms with Crippen LogP contribution in [0.5, 0.6) is 0 Å². The van der Waals surface area contributed by atoms with Crippen molar-refractivity contribution in [2.45, 2.75) is 13.3 Å². The summed E-state index contributed by atoms with van der Waals surface area (Å²) in [5, 5.41) is 8.00. The lowest BCUT2D eigenvalue weighted by Crippen LogP contribution is -2.26. The van der Waals surface area contributed by atoms with Crippen LogP contribution in [0.4, 0.5) is 0 Å². The number of hydrogen-bond acceptors (Lipinski definition) is 3. The minimum Gasteiger partial charge on any atom is -0.352 e. The quantitative estimate of drug-likeness (QED) is 0.616. The Balaban J connectivity index is 2.19. The summed E-state index contributed by atoms with van der Waals surface area (Å²) in [7, 11) is 0. The molecule has 84 valence electrons. The first-order valence-electron chi connectivity index (χ1n) is 4.97. The van der Waals surface area contributed by atoms with Crippen LogP contribution in [0.3, 0.4) is 0 Å². The molecule has 0 saturated heterocycles. The molecular formula is C10H15IN2OS. The van der Waals surface area contributed by atoms with Crippen molar-refractivity contribution < 1.29 is 4.79 Å². The smallest absolute Gasteiger partial charge is 0.252 e. The van der Waals surface area contributed by atoms with Gasteiger partial charge in [-0.25, -0.2) is 0 Å². The minimum absolute atomic E-state index is 0.0330. The fourth-order valence-corrected chi connectivity index (χ4v) is 2.45. The van der Waals surface area contributed by atoms with Crippen molar-refractivity contribution in [1.82, 2.24) is 10.6 Å². The third-order valence-electron chi connectivity index (χ3n) is 1.90. The summed E-state index contributed by atoms with van der Waals surface area (Å²) >= 11 is 3.81. The summed E-state index contributed by atoms with van der Waals surface area (Å²) in [6.45, 7) is 4.75. The molecule has 0 aromatic carbocycles. The van der Waals surface area contributed by atoms with Crippen molar-refractivity contribution in [3.63, 3.8) is 0 Å². The molecule has 0 radical (unpaired) electrons. The molecule has 1 heterocycles. The summed E-state index contributed by atoms with van der Waals surface area (Å²) < 4.78 is 1.14. The monoisotopic (exact) mass is 338 g/mol. The summed E-state index contributed by atoms with van der Waals surface area (Å²) in [6, 6.07) is 1.91. The Bertz CT molecular complexity index is 314. The predicted octanol–water partition coefficient (Wildman–Crippen LogP) is 2.08. The summed E-state index contributed by atoms with van der Waals surface area (Å²) in [5.41, 5.74) is 0.771. The van der Waals surface area contributed by atoms with Crippen LogP contribution >= 0.6 is 33.9 Å². The molecule has 0 bridgehead atoms. The number of halogens is 1. The maximum absolute atomic E-state index is 11.6. The van der Waals surface area contributed by atoms with Gasteiger partial charge in [0.2, 0.25) is 0 Å². The minimum atomic E-state index is 0.0330.